The van der Waals surface area contributed by atoms with Crippen molar-refractivity contribution in [2.24, 2.45) is 0 Å². The number of hydrogen-bond acceptors (Lipinski definition) is 4. The highest BCUT2D eigenvalue weighted by molar-refractivity contribution is 5.35. The lowest BCUT2D eigenvalue weighted by Gasteiger charge is -2.35. The summed E-state index contributed by atoms with van der Waals surface area (Å²) in [5.41, 5.74) is -2.31. The average Bonchev–Trinajstić information content (AvgIpc) is 3.52. The molecule has 0 aliphatic carbocycles. The molecule has 5 rings (SSSR count). The number of fused-ring (bicyclic) bond motifs is 1. The second-order valence-corrected chi connectivity index (χ2v) is 9.75. The van der Waals surface area contributed by atoms with Crippen LogP contribution in [0.1, 0.15) is 71.7 Å². The number of halogens is 7. The van der Waals surface area contributed by atoms with Crippen molar-refractivity contribution in [1.29, 1.82) is 0 Å². The predicted octanol–water partition coefficient (Wildman–Crippen LogP) is 6.37. The lowest BCUT2D eigenvalue weighted by atomic mass is 9.88. The molecular formula is C26H25F7N4O. The van der Waals surface area contributed by atoms with Crippen LogP contribution in [0.3, 0.4) is 0 Å². The van der Waals surface area contributed by atoms with Crippen LogP contribution in [0.5, 0.6) is 0 Å². The van der Waals surface area contributed by atoms with Gasteiger partial charge in [-0.1, -0.05) is 12.1 Å². The number of nitrogens with zero attached hydrogens (tertiary/aromatic N) is 3. The molecule has 1 N–H and O–H groups in total. The Morgan fingerprint density at radius 3 is 2.21 bits per heavy atom. The van der Waals surface area contributed by atoms with Gasteiger partial charge >= 0.3 is 12.4 Å². The first-order valence-corrected chi connectivity index (χ1v) is 12.3. The summed E-state index contributed by atoms with van der Waals surface area (Å²) in [4.78, 5) is 0. The molecule has 204 valence electrons. The molecule has 1 saturated heterocycles. The maximum absolute atomic E-state index is 13.7. The molecule has 0 bridgehead atoms. The van der Waals surface area contributed by atoms with Gasteiger partial charge in [0.2, 0.25) is 0 Å². The second kappa shape index (κ2) is 9.96. The molecule has 1 unspecified atom stereocenters. The molecule has 5 nitrogen and oxygen atoms in total. The zero-order valence-electron chi connectivity index (χ0n) is 20.3. The van der Waals surface area contributed by atoms with Crippen LogP contribution in [-0.2, 0) is 30.1 Å². The summed E-state index contributed by atoms with van der Waals surface area (Å²) < 4.78 is 102. The molecule has 12 heteroatoms. The molecule has 0 spiro atoms. The molecule has 4 atom stereocenters. The van der Waals surface area contributed by atoms with Crippen LogP contribution < -0.4 is 5.32 Å². The number of rotatable bonds is 5. The first-order chi connectivity index (χ1) is 17.9. The van der Waals surface area contributed by atoms with Gasteiger partial charge in [0.1, 0.15) is 17.5 Å². The number of benzene rings is 2. The van der Waals surface area contributed by atoms with Crippen LogP contribution in [0, 0.1) is 5.82 Å². The smallest absolute Gasteiger partial charge is 0.369 e. The van der Waals surface area contributed by atoms with E-state index in [1.807, 2.05) is 4.57 Å². The third-order valence-corrected chi connectivity index (χ3v) is 7.20. The van der Waals surface area contributed by atoms with Gasteiger partial charge in [-0.05, 0) is 67.8 Å². The van der Waals surface area contributed by atoms with Gasteiger partial charge < -0.3 is 14.6 Å². The van der Waals surface area contributed by atoms with Crippen LogP contribution in [0.25, 0.3) is 0 Å². The minimum atomic E-state index is -4.96. The zero-order chi connectivity index (χ0) is 27.2. The highest BCUT2D eigenvalue weighted by atomic mass is 19.4. The molecule has 2 aromatic carbocycles. The summed E-state index contributed by atoms with van der Waals surface area (Å²) in [6.07, 6.45) is -9.55. The van der Waals surface area contributed by atoms with Gasteiger partial charge in [0, 0.05) is 18.9 Å². The Kier molecular flexibility index (Phi) is 6.97. The van der Waals surface area contributed by atoms with Crippen molar-refractivity contribution in [2.75, 3.05) is 6.54 Å². The molecule has 38 heavy (non-hydrogen) atoms. The van der Waals surface area contributed by atoms with E-state index < -0.39 is 41.5 Å². The molecule has 2 aliphatic rings. The van der Waals surface area contributed by atoms with E-state index in [2.05, 4.69) is 15.5 Å². The molecule has 2 aliphatic heterocycles. The Bertz CT molecular complexity index is 1250. The summed E-state index contributed by atoms with van der Waals surface area (Å²) in [6.45, 7) is 2.65. The van der Waals surface area contributed by atoms with Crippen LogP contribution in [0.15, 0.2) is 42.5 Å². The van der Waals surface area contributed by atoms with Crippen LogP contribution in [-0.4, -0.2) is 27.4 Å². The predicted molar refractivity (Wildman–Crippen MR) is 123 cm³/mol. The van der Waals surface area contributed by atoms with Gasteiger partial charge in [0.05, 0.1) is 29.4 Å². The lowest BCUT2D eigenvalue weighted by Crippen LogP contribution is -2.36. The van der Waals surface area contributed by atoms with E-state index in [0.29, 0.717) is 24.5 Å². The number of alkyl halides is 6. The molecule has 3 heterocycles. The Hall–Kier alpha value is -2.99. The largest absolute Gasteiger partial charge is 0.416 e. The molecular weight excluding hydrogens is 517 g/mol. The Morgan fingerprint density at radius 1 is 0.974 bits per heavy atom. The van der Waals surface area contributed by atoms with Gasteiger partial charge in [0.15, 0.2) is 0 Å². The topological polar surface area (TPSA) is 52.0 Å². The van der Waals surface area contributed by atoms with Gasteiger partial charge in [-0.3, -0.25) is 0 Å². The van der Waals surface area contributed by atoms with Crippen molar-refractivity contribution in [1.82, 2.24) is 20.1 Å². The summed E-state index contributed by atoms with van der Waals surface area (Å²) >= 11 is 0. The number of hydrogen-bond donors (Lipinski definition) is 1. The fourth-order valence-electron chi connectivity index (χ4n) is 5.23. The molecule has 0 radical (unpaired) electrons. The molecule has 0 amide bonds. The summed E-state index contributed by atoms with van der Waals surface area (Å²) in [7, 11) is 0. The van der Waals surface area contributed by atoms with Crippen molar-refractivity contribution in [3.8, 4) is 0 Å². The van der Waals surface area contributed by atoms with Gasteiger partial charge in [-0.2, -0.15) is 26.3 Å². The van der Waals surface area contributed by atoms with E-state index in [0.717, 1.165) is 30.8 Å². The van der Waals surface area contributed by atoms with Crippen molar-refractivity contribution in [3.63, 3.8) is 0 Å². The highest BCUT2D eigenvalue weighted by Crippen LogP contribution is 2.40. The number of aromatic nitrogens is 3. The van der Waals surface area contributed by atoms with Gasteiger partial charge in [0.25, 0.3) is 0 Å². The average molecular weight is 542 g/mol. The lowest BCUT2D eigenvalue weighted by molar-refractivity contribution is -0.143. The molecule has 1 fully saturated rings. The fraction of sp³-hybridized carbons (Fsp3) is 0.462. The molecule has 1 aromatic heterocycles. The third-order valence-electron chi connectivity index (χ3n) is 7.20. The summed E-state index contributed by atoms with van der Waals surface area (Å²) in [6, 6.07) is 7.32. The van der Waals surface area contributed by atoms with Crippen LogP contribution in [0.2, 0.25) is 0 Å². The van der Waals surface area contributed by atoms with Crippen LogP contribution >= 0.6 is 0 Å². The minimum Gasteiger partial charge on any atom is -0.369 e. The maximum atomic E-state index is 13.7. The van der Waals surface area contributed by atoms with E-state index in [1.165, 1.54) is 19.1 Å². The number of nitrogens with one attached hydrogen (secondary N) is 1. The molecule has 3 aromatic rings. The third kappa shape index (κ3) is 5.42. The first-order valence-electron chi connectivity index (χ1n) is 12.3. The zero-order valence-corrected chi connectivity index (χ0v) is 20.3. The second-order valence-electron chi connectivity index (χ2n) is 9.75. The van der Waals surface area contributed by atoms with E-state index >= 15 is 0 Å². The molecule has 0 saturated carbocycles. The standard InChI is InChI=1S/C26H25F7N4O/c1-14(16-9-17(25(28,29)30)11-18(10-16)26(31,32)33)38-22-12-23-35-36-24(21-3-2-8-34-21)37(23)13-20(22)15-4-6-19(27)7-5-15/h4-7,9-11,14,20-22,34H,2-3,8,12-13H2,1H3/t14-,20-,21?,22+/m1/s1. The SMILES string of the molecule is C[C@@H](O[C@H]1Cc2nnc(C3CCCN3)n2C[C@@H]1c1ccc(F)cc1)c1cc(C(F)(F)F)cc(C(F)(F)F)c1. The maximum Gasteiger partial charge on any atom is 0.416 e. The van der Waals surface area contributed by atoms with E-state index in [4.69, 9.17) is 4.74 Å². The monoisotopic (exact) mass is 542 g/mol. The van der Waals surface area contributed by atoms with Gasteiger partial charge in [-0.25, -0.2) is 4.39 Å². The Labute approximate surface area is 214 Å². The highest BCUT2D eigenvalue weighted by Gasteiger charge is 2.39. The summed E-state index contributed by atoms with van der Waals surface area (Å²) in [5, 5.41) is 12.0. The minimum absolute atomic E-state index is 0.0346. The quantitative estimate of drug-likeness (QED) is 0.381. The fourth-order valence-corrected chi connectivity index (χ4v) is 5.23. The van der Waals surface area contributed by atoms with Crippen molar-refractivity contribution in [3.05, 3.63) is 82.2 Å². The van der Waals surface area contributed by atoms with Crippen molar-refractivity contribution >= 4 is 0 Å². The van der Waals surface area contributed by atoms with E-state index in [1.54, 1.807) is 12.1 Å². The Morgan fingerprint density at radius 2 is 1.63 bits per heavy atom. The van der Waals surface area contributed by atoms with Crippen LogP contribution in [0.4, 0.5) is 30.7 Å². The first kappa shape index (κ1) is 26.6. The van der Waals surface area contributed by atoms with Crippen molar-refractivity contribution < 1.29 is 35.5 Å². The van der Waals surface area contributed by atoms with Crippen molar-refractivity contribution in [2.45, 2.75) is 69.3 Å². The normalized spacial score (nSPS) is 22.9. The van der Waals surface area contributed by atoms with Gasteiger partial charge in [-0.15, -0.1) is 10.2 Å². The Balaban J connectivity index is 1.48. The van der Waals surface area contributed by atoms with E-state index in [-0.39, 0.29) is 30.0 Å². The summed E-state index contributed by atoms with van der Waals surface area (Å²) in [5.74, 6) is 0.586. The van der Waals surface area contributed by atoms with E-state index in [9.17, 15) is 30.7 Å². The number of ether oxygens (including phenoxy) is 1.